The van der Waals surface area contributed by atoms with Gasteiger partial charge in [-0.1, -0.05) is 18.2 Å². The zero-order chi connectivity index (χ0) is 15.8. The zero-order valence-corrected chi connectivity index (χ0v) is 12.4. The van der Waals surface area contributed by atoms with Crippen molar-refractivity contribution < 1.29 is 10.0 Å². The molecule has 0 bridgehead atoms. The normalized spacial score (nSPS) is 13.9. The number of hydrogen-bond acceptors (Lipinski definition) is 4. The van der Waals surface area contributed by atoms with E-state index in [1.807, 2.05) is 36.4 Å². The van der Waals surface area contributed by atoms with Crippen LogP contribution in [0.25, 0.3) is 11.0 Å². The molecule has 0 atom stereocenters. The summed E-state index contributed by atoms with van der Waals surface area (Å²) in [4.78, 5) is 21.7. The van der Waals surface area contributed by atoms with E-state index >= 15 is 0 Å². The van der Waals surface area contributed by atoms with Gasteiger partial charge in [0.05, 0.1) is 11.0 Å². The van der Waals surface area contributed by atoms with Crippen molar-refractivity contribution in [3.63, 3.8) is 0 Å². The second-order valence-corrected chi connectivity index (χ2v) is 5.67. The fourth-order valence-corrected chi connectivity index (χ4v) is 3.03. The molecule has 0 saturated heterocycles. The summed E-state index contributed by atoms with van der Waals surface area (Å²) in [6.45, 7) is 1.56. The molecule has 116 valence electrons. The number of aromatic amines is 1. The number of imidazole rings is 1. The van der Waals surface area contributed by atoms with E-state index < -0.39 is 5.91 Å². The maximum atomic E-state index is 11.6. The van der Waals surface area contributed by atoms with E-state index in [0.29, 0.717) is 12.1 Å². The topological polar surface area (TPSA) is 81.2 Å². The van der Waals surface area contributed by atoms with Crippen molar-refractivity contribution in [1.82, 2.24) is 15.4 Å². The minimum Gasteiger partial charge on any atom is -0.338 e. The molecule has 2 aromatic carbocycles. The summed E-state index contributed by atoms with van der Waals surface area (Å²) in [5.74, 6) is 0.350. The number of anilines is 1. The van der Waals surface area contributed by atoms with E-state index in [4.69, 9.17) is 5.21 Å². The highest BCUT2D eigenvalue weighted by molar-refractivity contribution is 5.93. The van der Waals surface area contributed by atoms with Gasteiger partial charge in [-0.2, -0.15) is 0 Å². The number of rotatable bonds is 2. The predicted octanol–water partition coefficient (Wildman–Crippen LogP) is 2.24. The van der Waals surface area contributed by atoms with E-state index in [-0.39, 0.29) is 0 Å². The monoisotopic (exact) mass is 308 g/mol. The van der Waals surface area contributed by atoms with Crippen molar-refractivity contribution in [2.24, 2.45) is 0 Å². The van der Waals surface area contributed by atoms with Gasteiger partial charge in [-0.05, 0) is 41.8 Å². The van der Waals surface area contributed by atoms with Crippen LogP contribution in [0.2, 0.25) is 0 Å². The third-order valence-electron chi connectivity index (χ3n) is 4.26. The number of fused-ring (bicyclic) bond motifs is 2. The van der Waals surface area contributed by atoms with Gasteiger partial charge in [0.2, 0.25) is 5.95 Å². The van der Waals surface area contributed by atoms with Crippen LogP contribution in [0.1, 0.15) is 21.5 Å². The van der Waals surface area contributed by atoms with E-state index in [2.05, 4.69) is 14.9 Å². The maximum Gasteiger partial charge on any atom is 0.274 e. The van der Waals surface area contributed by atoms with Gasteiger partial charge in [-0.25, -0.2) is 10.5 Å². The predicted molar refractivity (Wildman–Crippen MR) is 86.5 cm³/mol. The number of carbonyl (C=O) groups excluding carboxylic acids is 1. The molecule has 0 fully saturated rings. The Morgan fingerprint density at radius 2 is 2.09 bits per heavy atom. The fraction of sp³-hybridized carbons (Fsp3) is 0.176. The standard InChI is InChI=1S/C17H16N4O2/c22-16(20-23)12-6-5-11-7-8-21(10-13(11)9-12)17-18-14-3-1-2-4-15(14)19-17/h1-6,9,23H,7-8,10H2,(H,18,19)(H,20,22). The lowest BCUT2D eigenvalue weighted by atomic mass is 9.97. The molecule has 0 unspecified atom stereocenters. The van der Waals surface area contributed by atoms with Crippen molar-refractivity contribution in [2.45, 2.75) is 13.0 Å². The average molecular weight is 308 g/mol. The third kappa shape index (κ3) is 2.43. The number of H-pyrrole nitrogens is 1. The first kappa shape index (κ1) is 13.8. The van der Waals surface area contributed by atoms with Gasteiger partial charge >= 0.3 is 0 Å². The number of carbonyl (C=O) groups is 1. The van der Waals surface area contributed by atoms with Gasteiger partial charge < -0.3 is 9.88 Å². The van der Waals surface area contributed by atoms with Crippen molar-refractivity contribution >= 4 is 22.9 Å². The molecule has 0 aliphatic carbocycles. The fourth-order valence-electron chi connectivity index (χ4n) is 3.03. The van der Waals surface area contributed by atoms with Crippen LogP contribution in [0.5, 0.6) is 0 Å². The van der Waals surface area contributed by atoms with Crippen LogP contribution in [0, 0.1) is 0 Å². The van der Waals surface area contributed by atoms with Crippen molar-refractivity contribution in [2.75, 3.05) is 11.4 Å². The summed E-state index contributed by atoms with van der Waals surface area (Å²) >= 11 is 0. The molecular formula is C17H16N4O2. The van der Waals surface area contributed by atoms with Crippen LogP contribution < -0.4 is 10.4 Å². The van der Waals surface area contributed by atoms with E-state index in [1.165, 1.54) is 5.56 Å². The van der Waals surface area contributed by atoms with E-state index in [0.717, 1.165) is 35.5 Å². The van der Waals surface area contributed by atoms with E-state index in [1.54, 1.807) is 11.5 Å². The SMILES string of the molecule is O=C(NO)c1ccc2c(c1)CN(c1nc3ccccc3[nH]1)CC2. The molecule has 6 heteroatoms. The minimum atomic E-state index is -0.492. The lowest BCUT2D eigenvalue weighted by Gasteiger charge is -2.28. The summed E-state index contributed by atoms with van der Waals surface area (Å²) in [5.41, 5.74) is 6.41. The molecule has 1 aromatic heterocycles. The number of amides is 1. The molecule has 2 heterocycles. The molecule has 0 saturated carbocycles. The summed E-state index contributed by atoms with van der Waals surface area (Å²) in [7, 11) is 0. The van der Waals surface area contributed by atoms with Gasteiger partial charge in [0, 0.05) is 18.7 Å². The van der Waals surface area contributed by atoms with Gasteiger partial charge in [0.15, 0.2) is 0 Å². The van der Waals surface area contributed by atoms with E-state index in [9.17, 15) is 4.79 Å². The summed E-state index contributed by atoms with van der Waals surface area (Å²) in [6, 6.07) is 13.5. The minimum absolute atomic E-state index is 0.456. The Balaban J connectivity index is 1.65. The first-order valence-corrected chi connectivity index (χ1v) is 7.50. The number of aromatic nitrogens is 2. The average Bonchev–Trinajstić information content (AvgIpc) is 3.04. The molecule has 23 heavy (non-hydrogen) atoms. The van der Waals surface area contributed by atoms with Gasteiger partial charge in [-0.15, -0.1) is 0 Å². The van der Waals surface area contributed by atoms with Crippen LogP contribution in [-0.4, -0.2) is 27.6 Å². The maximum absolute atomic E-state index is 11.6. The van der Waals surface area contributed by atoms with Crippen molar-refractivity contribution in [3.05, 3.63) is 59.2 Å². The summed E-state index contributed by atoms with van der Waals surface area (Å²) in [6.07, 6.45) is 0.896. The lowest BCUT2D eigenvalue weighted by Crippen LogP contribution is -2.31. The Labute approximate surface area is 132 Å². The first-order valence-electron chi connectivity index (χ1n) is 7.50. The number of hydrogen-bond donors (Lipinski definition) is 3. The van der Waals surface area contributed by atoms with Crippen LogP contribution in [0.4, 0.5) is 5.95 Å². The Hall–Kier alpha value is -2.86. The largest absolute Gasteiger partial charge is 0.338 e. The highest BCUT2D eigenvalue weighted by atomic mass is 16.5. The van der Waals surface area contributed by atoms with Crippen molar-refractivity contribution in [1.29, 1.82) is 0 Å². The molecule has 1 amide bonds. The number of benzene rings is 2. The molecular weight excluding hydrogens is 292 g/mol. The van der Waals surface area contributed by atoms with Crippen LogP contribution in [0.15, 0.2) is 42.5 Å². The Bertz CT molecular complexity index is 854. The number of nitrogens with zero attached hydrogens (tertiary/aromatic N) is 2. The number of nitrogens with one attached hydrogen (secondary N) is 2. The second kappa shape index (κ2) is 5.40. The Morgan fingerprint density at radius 1 is 1.22 bits per heavy atom. The summed E-state index contributed by atoms with van der Waals surface area (Å²) in [5, 5.41) is 8.78. The van der Waals surface area contributed by atoms with Gasteiger partial charge in [0.1, 0.15) is 0 Å². The van der Waals surface area contributed by atoms with Gasteiger partial charge in [0.25, 0.3) is 5.91 Å². The molecule has 4 rings (SSSR count). The molecule has 3 aromatic rings. The quantitative estimate of drug-likeness (QED) is 0.501. The second-order valence-electron chi connectivity index (χ2n) is 5.67. The molecule has 1 aliphatic rings. The lowest BCUT2D eigenvalue weighted by molar-refractivity contribution is 0.0706. The number of para-hydroxylation sites is 2. The third-order valence-corrected chi connectivity index (χ3v) is 4.26. The highest BCUT2D eigenvalue weighted by Crippen LogP contribution is 2.25. The Kier molecular flexibility index (Phi) is 3.24. The molecule has 6 nitrogen and oxygen atoms in total. The van der Waals surface area contributed by atoms with Crippen molar-refractivity contribution in [3.8, 4) is 0 Å². The van der Waals surface area contributed by atoms with Gasteiger partial charge in [-0.3, -0.25) is 10.0 Å². The first-order chi connectivity index (χ1) is 11.2. The zero-order valence-electron chi connectivity index (χ0n) is 12.4. The molecule has 0 radical (unpaired) electrons. The van der Waals surface area contributed by atoms with Crippen LogP contribution in [0.3, 0.4) is 0 Å². The highest BCUT2D eigenvalue weighted by Gasteiger charge is 2.20. The summed E-state index contributed by atoms with van der Waals surface area (Å²) < 4.78 is 0. The number of hydroxylamine groups is 1. The molecule has 3 N–H and O–H groups in total. The Morgan fingerprint density at radius 3 is 2.91 bits per heavy atom. The smallest absolute Gasteiger partial charge is 0.274 e. The van der Waals surface area contributed by atoms with Crippen LogP contribution in [-0.2, 0) is 13.0 Å². The van der Waals surface area contributed by atoms with Crippen LogP contribution >= 0.6 is 0 Å². The molecule has 0 spiro atoms. The molecule has 1 aliphatic heterocycles.